The molecule has 1 heterocycles. The molecule has 2 rings (SSSR count). The van der Waals surface area contributed by atoms with Gasteiger partial charge in [-0.25, -0.2) is 0 Å². The van der Waals surface area contributed by atoms with Crippen LogP contribution in [0, 0.1) is 5.92 Å². The number of epoxide rings is 1. The molecule has 0 bridgehead atoms. The van der Waals surface area contributed by atoms with Crippen LogP contribution < -0.4 is 11.1 Å². The van der Waals surface area contributed by atoms with Gasteiger partial charge in [-0.05, 0) is 57.2 Å². The number of rotatable bonds is 14. The van der Waals surface area contributed by atoms with Gasteiger partial charge in [0.25, 0.3) is 0 Å². The van der Waals surface area contributed by atoms with Crippen molar-refractivity contribution in [1.29, 1.82) is 0 Å². The highest BCUT2D eigenvalue weighted by Crippen LogP contribution is 2.41. The predicted octanol–water partition coefficient (Wildman–Crippen LogP) is 2.11. The SMILES string of the molecule is CO[Si](C)(CCCNCCN)OC.CO[Si](CCC1CCC2OC2C1)(OC)OC. The molecule has 0 amide bonds. The normalized spacial score (nSPS) is 23.9. The van der Waals surface area contributed by atoms with Crippen LogP contribution in [0.1, 0.15) is 32.1 Å². The second kappa shape index (κ2) is 14.2. The average molecular weight is 453 g/mol. The lowest BCUT2D eigenvalue weighted by molar-refractivity contribution is 0.120. The molecule has 1 aliphatic heterocycles. The molecule has 0 aromatic heterocycles. The van der Waals surface area contributed by atoms with Crippen molar-refractivity contribution < 1.29 is 26.9 Å². The van der Waals surface area contributed by atoms with E-state index in [1.54, 1.807) is 35.5 Å². The van der Waals surface area contributed by atoms with Gasteiger partial charge >= 0.3 is 17.4 Å². The van der Waals surface area contributed by atoms with E-state index in [1.807, 2.05) is 0 Å². The fourth-order valence-corrected chi connectivity index (χ4v) is 7.00. The molecule has 3 unspecified atom stereocenters. The third kappa shape index (κ3) is 9.85. The van der Waals surface area contributed by atoms with Crippen molar-refractivity contribution in [2.75, 3.05) is 55.2 Å². The number of hydrogen-bond donors (Lipinski definition) is 2. The fourth-order valence-electron chi connectivity index (χ4n) is 3.74. The first-order valence-corrected chi connectivity index (χ1v) is 15.2. The van der Waals surface area contributed by atoms with Crippen LogP contribution in [0.4, 0.5) is 0 Å². The van der Waals surface area contributed by atoms with Crippen LogP contribution in [-0.2, 0) is 26.9 Å². The second-order valence-electron chi connectivity index (χ2n) is 7.91. The first kappa shape index (κ1) is 27.1. The van der Waals surface area contributed by atoms with Crippen molar-refractivity contribution >= 4 is 17.4 Å². The van der Waals surface area contributed by atoms with Gasteiger partial charge in [0.05, 0.1) is 12.2 Å². The summed E-state index contributed by atoms with van der Waals surface area (Å²) in [4.78, 5) is 0. The zero-order valence-corrected chi connectivity index (χ0v) is 21.3. The maximum atomic E-state index is 5.54. The minimum Gasteiger partial charge on any atom is -0.398 e. The Morgan fingerprint density at radius 2 is 1.55 bits per heavy atom. The standard InChI is InChI=1S/C11H22O4Si.C8H22N2O2Si/c1-12-16(13-2,14-3)7-6-9-4-5-10-11(8-9)15-10;1-11-13(3,12-2)8-4-6-10-7-5-9/h9-11H,4-8H2,1-3H3;10H,4-9H2,1-3H3. The Labute approximate surface area is 179 Å². The van der Waals surface area contributed by atoms with Crippen molar-refractivity contribution in [1.82, 2.24) is 5.32 Å². The molecular formula is C19H44N2O6Si2. The molecule has 0 aromatic rings. The first-order valence-electron chi connectivity index (χ1n) is 10.7. The summed E-state index contributed by atoms with van der Waals surface area (Å²) >= 11 is 0. The van der Waals surface area contributed by atoms with Crippen LogP contribution in [-0.4, -0.2) is 84.8 Å². The summed E-state index contributed by atoms with van der Waals surface area (Å²) in [6.45, 7) is 4.66. The molecule has 1 saturated carbocycles. The van der Waals surface area contributed by atoms with Crippen LogP contribution in [0.2, 0.25) is 18.6 Å². The molecule has 29 heavy (non-hydrogen) atoms. The van der Waals surface area contributed by atoms with Gasteiger partial charge < -0.3 is 37.9 Å². The lowest BCUT2D eigenvalue weighted by Crippen LogP contribution is -2.43. The van der Waals surface area contributed by atoms with Gasteiger partial charge in [0.15, 0.2) is 0 Å². The van der Waals surface area contributed by atoms with Gasteiger partial charge in [-0.1, -0.05) is 0 Å². The molecular weight excluding hydrogens is 408 g/mol. The van der Waals surface area contributed by atoms with E-state index in [-0.39, 0.29) is 0 Å². The minimum absolute atomic E-state index is 0.558. The quantitative estimate of drug-likeness (QED) is 0.235. The van der Waals surface area contributed by atoms with Crippen LogP contribution in [0.15, 0.2) is 0 Å². The number of ether oxygens (including phenoxy) is 1. The van der Waals surface area contributed by atoms with Crippen molar-refractivity contribution in [2.45, 2.75) is 62.9 Å². The number of nitrogens with two attached hydrogens (primary N) is 1. The first-order chi connectivity index (χ1) is 13.9. The Bertz CT molecular complexity index is 419. The van der Waals surface area contributed by atoms with Crippen LogP contribution in [0.5, 0.6) is 0 Å². The molecule has 174 valence electrons. The zero-order valence-electron chi connectivity index (χ0n) is 19.3. The fraction of sp³-hybridized carbons (Fsp3) is 1.00. The Balaban J connectivity index is 0.000000298. The van der Waals surface area contributed by atoms with Crippen molar-refractivity contribution in [3.05, 3.63) is 0 Å². The molecule has 2 fully saturated rings. The molecule has 3 atom stereocenters. The molecule has 1 saturated heterocycles. The summed E-state index contributed by atoms with van der Waals surface area (Å²) in [7, 11) is 4.31. The molecule has 0 radical (unpaired) electrons. The molecule has 3 N–H and O–H groups in total. The Morgan fingerprint density at radius 1 is 0.897 bits per heavy atom. The van der Waals surface area contributed by atoms with E-state index in [0.717, 1.165) is 43.9 Å². The van der Waals surface area contributed by atoms with Gasteiger partial charge in [0.2, 0.25) is 0 Å². The van der Waals surface area contributed by atoms with E-state index in [1.165, 1.54) is 19.3 Å². The smallest absolute Gasteiger partial charge is 0.398 e. The van der Waals surface area contributed by atoms with E-state index in [2.05, 4.69) is 11.9 Å². The van der Waals surface area contributed by atoms with E-state index >= 15 is 0 Å². The van der Waals surface area contributed by atoms with Gasteiger partial charge in [-0.2, -0.15) is 0 Å². The number of hydrogen-bond acceptors (Lipinski definition) is 8. The third-order valence-electron chi connectivity index (χ3n) is 6.07. The maximum Gasteiger partial charge on any atom is 0.500 e. The topological polar surface area (TPSA) is 96.7 Å². The highest BCUT2D eigenvalue weighted by atomic mass is 28.4. The largest absolute Gasteiger partial charge is 0.500 e. The zero-order chi connectivity index (χ0) is 21.8. The minimum atomic E-state index is -2.35. The maximum absolute atomic E-state index is 5.54. The molecule has 1 aliphatic carbocycles. The Hall–Kier alpha value is 0.114. The van der Waals surface area contributed by atoms with Crippen LogP contribution in [0.3, 0.4) is 0 Å². The summed E-state index contributed by atoms with van der Waals surface area (Å²) in [5.74, 6) is 0.760. The summed E-state index contributed by atoms with van der Waals surface area (Å²) in [5.41, 5.74) is 5.35. The van der Waals surface area contributed by atoms with Crippen molar-refractivity contribution in [3.8, 4) is 0 Å². The molecule has 0 aromatic carbocycles. The lowest BCUT2D eigenvalue weighted by atomic mass is 9.88. The third-order valence-corrected chi connectivity index (χ3v) is 11.8. The second-order valence-corrected chi connectivity index (χ2v) is 14.6. The Morgan fingerprint density at radius 3 is 2.07 bits per heavy atom. The van der Waals surface area contributed by atoms with Gasteiger partial charge in [0.1, 0.15) is 0 Å². The van der Waals surface area contributed by atoms with E-state index in [9.17, 15) is 0 Å². The molecule has 10 heteroatoms. The highest BCUT2D eigenvalue weighted by molar-refractivity contribution is 6.65. The van der Waals surface area contributed by atoms with Crippen molar-refractivity contribution in [2.24, 2.45) is 11.7 Å². The highest BCUT2D eigenvalue weighted by Gasteiger charge is 2.45. The van der Waals surface area contributed by atoms with Crippen LogP contribution in [0.25, 0.3) is 0 Å². The van der Waals surface area contributed by atoms with Gasteiger partial charge in [-0.15, -0.1) is 0 Å². The summed E-state index contributed by atoms with van der Waals surface area (Å²) in [5, 5.41) is 3.24. The van der Waals surface area contributed by atoms with Gasteiger partial charge in [-0.3, -0.25) is 0 Å². The van der Waals surface area contributed by atoms with Crippen molar-refractivity contribution in [3.63, 3.8) is 0 Å². The molecule has 2 aliphatic rings. The van der Waals surface area contributed by atoms with Crippen LogP contribution >= 0.6 is 0 Å². The summed E-state index contributed by atoms with van der Waals surface area (Å²) in [6, 6.07) is 1.94. The Kier molecular flexibility index (Phi) is 13.3. The van der Waals surface area contributed by atoms with E-state index in [0.29, 0.717) is 18.8 Å². The van der Waals surface area contributed by atoms with E-state index in [4.69, 9.17) is 32.6 Å². The molecule has 0 spiro atoms. The van der Waals surface area contributed by atoms with Gasteiger partial charge in [0, 0.05) is 54.7 Å². The summed E-state index contributed by atoms with van der Waals surface area (Å²) in [6.07, 6.45) is 7.10. The average Bonchev–Trinajstić information content (AvgIpc) is 3.54. The monoisotopic (exact) mass is 452 g/mol. The number of nitrogens with one attached hydrogen (secondary N) is 1. The predicted molar refractivity (Wildman–Crippen MR) is 119 cm³/mol. The van der Waals surface area contributed by atoms with E-state index < -0.39 is 17.4 Å². The lowest BCUT2D eigenvalue weighted by Gasteiger charge is -2.27. The summed E-state index contributed by atoms with van der Waals surface area (Å²) < 4.78 is 32.5. The molecule has 8 nitrogen and oxygen atoms in total. The number of fused-ring (bicyclic) bond motifs is 1.